The Balaban J connectivity index is 2.78. The predicted octanol–water partition coefficient (Wildman–Crippen LogP) is 1.15. The van der Waals surface area contributed by atoms with Crippen LogP contribution in [0.5, 0.6) is 0 Å². The Morgan fingerprint density at radius 1 is 1.50 bits per heavy atom. The van der Waals surface area contributed by atoms with E-state index in [0.717, 1.165) is 3.57 Å². The summed E-state index contributed by atoms with van der Waals surface area (Å²) in [4.78, 5) is 28.7. The summed E-state index contributed by atoms with van der Waals surface area (Å²) in [5, 5.41) is 9.19. The second-order valence-corrected chi connectivity index (χ2v) is 4.51. The lowest BCUT2D eigenvalue weighted by molar-refractivity contribution is -0.136. The first-order chi connectivity index (χ1) is 7.58. The molecular formula is C10H7IN2O3. The maximum absolute atomic E-state index is 11.5. The van der Waals surface area contributed by atoms with E-state index in [4.69, 9.17) is 5.11 Å². The summed E-state index contributed by atoms with van der Waals surface area (Å²) in [5.74, 6) is -0.939. The number of benzene rings is 1. The summed E-state index contributed by atoms with van der Waals surface area (Å²) in [6, 6.07) is 3.41. The molecular weight excluding hydrogens is 323 g/mol. The Labute approximate surface area is 104 Å². The highest BCUT2D eigenvalue weighted by Crippen LogP contribution is 2.18. The van der Waals surface area contributed by atoms with Crippen molar-refractivity contribution in [1.82, 2.24) is 9.97 Å². The summed E-state index contributed by atoms with van der Waals surface area (Å²) in [6.07, 6.45) is 1.15. The fourth-order valence-corrected chi connectivity index (χ4v) is 2.20. The maximum Gasteiger partial charge on any atom is 0.307 e. The number of carboxylic acid groups (broad SMARTS) is 1. The van der Waals surface area contributed by atoms with Crippen molar-refractivity contribution >= 4 is 39.5 Å². The molecule has 0 radical (unpaired) electrons. The number of hydrogen-bond donors (Lipinski definition) is 2. The number of nitrogens with zero attached hydrogens (tertiary/aromatic N) is 1. The number of carbonyl (C=O) groups is 1. The average molecular weight is 330 g/mol. The molecule has 2 aromatic rings. The highest BCUT2D eigenvalue weighted by Gasteiger charge is 2.10. The van der Waals surface area contributed by atoms with Gasteiger partial charge in [-0.3, -0.25) is 9.59 Å². The van der Waals surface area contributed by atoms with Gasteiger partial charge in [-0.25, -0.2) is 4.98 Å². The fourth-order valence-electron chi connectivity index (χ4n) is 1.51. The SMILES string of the molecule is O=C(O)Cc1cc(I)cc2c(=O)[nH]cnc12. The predicted molar refractivity (Wildman–Crippen MR) is 66.4 cm³/mol. The van der Waals surface area contributed by atoms with Gasteiger partial charge in [-0.2, -0.15) is 0 Å². The van der Waals surface area contributed by atoms with E-state index < -0.39 is 5.97 Å². The van der Waals surface area contributed by atoms with Crippen LogP contribution in [-0.4, -0.2) is 21.0 Å². The van der Waals surface area contributed by atoms with Crippen molar-refractivity contribution in [3.8, 4) is 0 Å². The molecule has 0 spiro atoms. The van der Waals surface area contributed by atoms with Gasteiger partial charge in [-0.1, -0.05) is 0 Å². The van der Waals surface area contributed by atoms with Crippen LogP contribution in [0.1, 0.15) is 5.56 Å². The molecule has 0 atom stereocenters. The number of aromatic nitrogens is 2. The van der Waals surface area contributed by atoms with E-state index in [1.54, 1.807) is 12.1 Å². The van der Waals surface area contributed by atoms with Gasteiger partial charge < -0.3 is 10.1 Å². The lowest BCUT2D eigenvalue weighted by Crippen LogP contribution is -2.09. The van der Waals surface area contributed by atoms with Crippen LogP contribution in [0.15, 0.2) is 23.3 Å². The first kappa shape index (κ1) is 11.1. The van der Waals surface area contributed by atoms with Gasteiger partial charge in [0.05, 0.1) is 23.7 Å². The zero-order valence-corrected chi connectivity index (χ0v) is 10.2. The van der Waals surface area contributed by atoms with E-state index >= 15 is 0 Å². The molecule has 0 bridgehead atoms. The molecule has 1 aromatic heterocycles. The molecule has 1 aromatic carbocycles. The molecule has 0 unspecified atom stereocenters. The third kappa shape index (κ3) is 2.06. The van der Waals surface area contributed by atoms with Crippen LogP contribution in [0, 0.1) is 3.57 Å². The largest absolute Gasteiger partial charge is 0.481 e. The minimum atomic E-state index is -0.939. The van der Waals surface area contributed by atoms with Gasteiger partial charge >= 0.3 is 5.97 Å². The minimum Gasteiger partial charge on any atom is -0.481 e. The number of nitrogens with one attached hydrogen (secondary N) is 1. The molecule has 0 amide bonds. The van der Waals surface area contributed by atoms with E-state index in [-0.39, 0.29) is 12.0 Å². The number of rotatable bonds is 2. The van der Waals surface area contributed by atoms with Crippen molar-refractivity contribution in [2.75, 3.05) is 0 Å². The number of H-pyrrole nitrogens is 1. The highest BCUT2D eigenvalue weighted by atomic mass is 127. The number of fused-ring (bicyclic) bond motifs is 1. The summed E-state index contributed by atoms with van der Waals surface area (Å²) in [5.41, 5.74) is 0.752. The summed E-state index contributed by atoms with van der Waals surface area (Å²) in [7, 11) is 0. The Hall–Kier alpha value is -1.44. The molecule has 0 aliphatic heterocycles. The normalized spacial score (nSPS) is 10.6. The van der Waals surface area contributed by atoms with E-state index in [0.29, 0.717) is 16.5 Å². The van der Waals surface area contributed by atoms with Crippen molar-refractivity contribution in [2.45, 2.75) is 6.42 Å². The van der Waals surface area contributed by atoms with Gasteiger partial charge in [0.2, 0.25) is 0 Å². The quantitative estimate of drug-likeness (QED) is 0.810. The molecule has 0 aliphatic carbocycles. The third-order valence-electron chi connectivity index (χ3n) is 2.13. The van der Waals surface area contributed by atoms with Crippen molar-refractivity contribution < 1.29 is 9.90 Å². The molecule has 0 fully saturated rings. The average Bonchev–Trinajstić information content (AvgIpc) is 2.18. The van der Waals surface area contributed by atoms with Crippen LogP contribution in [-0.2, 0) is 11.2 Å². The molecule has 82 valence electrons. The second-order valence-electron chi connectivity index (χ2n) is 3.26. The van der Waals surface area contributed by atoms with Crippen molar-refractivity contribution in [2.24, 2.45) is 0 Å². The first-order valence-electron chi connectivity index (χ1n) is 4.45. The van der Waals surface area contributed by atoms with Gasteiger partial charge in [-0.05, 0) is 40.3 Å². The van der Waals surface area contributed by atoms with Gasteiger partial charge in [-0.15, -0.1) is 0 Å². The van der Waals surface area contributed by atoms with Crippen molar-refractivity contribution in [3.63, 3.8) is 0 Å². The zero-order valence-electron chi connectivity index (χ0n) is 8.03. The molecule has 6 heteroatoms. The number of halogens is 1. The van der Waals surface area contributed by atoms with Crippen molar-refractivity contribution in [1.29, 1.82) is 0 Å². The minimum absolute atomic E-state index is 0.135. The molecule has 2 rings (SSSR count). The zero-order chi connectivity index (χ0) is 11.7. The summed E-state index contributed by atoms with van der Waals surface area (Å²) < 4.78 is 0.819. The van der Waals surface area contributed by atoms with E-state index in [2.05, 4.69) is 9.97 Å². The van der Waals surface area contributed by atoms with Crippen LogP contribution >= 0.6 is 22.6 Å². The highest BCUT2D eigenvalue weighted by molar-refractivity contribution is 14.1. The van der Waals surface area contributed by atoms with E-state index in [1.165, 1.54) is 6.33 Å². The van der Waals surface area contributed by atoms with Crippen LogP contribution in [0.4, 0.5) is 0 Å². The second kappa shape index (κ2) is 4.20. The Kier molecular flexibility index (Phi) is 2.90. The maximum atomic E-state index is 11.5. The molecule has 5 nitrogen and oxygen atoms in total. The molecule has 0 aliphatic rings. The van der Waals surface area contributed by atoms with Crippen LogP contribution in [0.2, 0.25) is 0 Å². The molecule has 0 saturated heterocycles. The van der Waals surface area contributed by atoms with Gasteiger partial charge in [0.1, 0.15) is 0 Å². The Morgan fingerprint density at radius 2 is 2.25 bits per heavy atom. The molecule has 2 N–H and O–H groups in total. The third-order valence-corrected chi connectivity index (χ3v) is 2.75. The lowest BCUT2D eigenvalue weighted by Gasteiger charge is -2.03. The van der Waals surface area contributed by atoms with Gasteiger partial charge in [0, 0.05) is 3.57 Å². The van der Waals surface area contributed by atoms with E-state index in [1.807, 2.05) is 22.6 Å². The van der Waals surface area contributed by atoms with Crippen LogP contribution in [0.3, 0.4) is 0 Å². The standard InChI is InChI=1S/C10H7IN2O3/c11-6-1-5(2-8(14)15)9-7(3-6)10(16)13-4-12-9/h1,3-4H,2H2,(H,14,15)(H,12,13,16). The van der Waals surface area contributed by atoms with Crippen LogP contribution in [0.25, 0.3) is 10.9 Å². The number of aliphatic carboxylic acids is 1. The van der Waals surface area contributed by atoms with Crippen LogP contribution < -0.4 is 5.56 Å². The van der Waals surface area contributed by atoms with Gasteiger partial charge in [0.15, 0.2) is 0 Å². The van der Waals surface area contributed by atoms with Gasteiger partial charge in [0.25, 0.3) is 5.56 Å². The lowest BCUT2D eigenvalue weighted by atomic mass is 10.1. The molecule has 1 heterocycles. The Morgan fingerprint density at radius 3 is 2.94 bits per heavy atom. The first-order valence-corrected chi connectivity index (χ1v) is 5.53. The molecule has 0 saturated carbocycles. The fraction of sp³-hybridized carbons (Fsp3) is 0.100. The number of aromatic amines is 1. The summed E-state index contributed by atoms with van der Waals surface area (Å²) in [6.45, 7) is 0. The molecule has 16 heavy (non-hydrogen) atoms. The Bertz CT molecular complexity index is 621. The monoisotopic (exact) mass is 330 g/mol. The topological polar surface area (TPSA) is 83.0 Å². The van der Waals surface area contributed by atoms with E-state index in [9.17, 15) is 9.59 Å². The van der Waals surface area contributed by atoms with Crippen molar-refractivity contribution in [3.05, 3.63) is 37.9 Å². The number of carboxylic acids is 1. The summed E-state index contributed by atoms with van der Waals surface area (Å²) >= 11 is 2.04. The smallest absolute Gasteiger partial charge is 0.307 e. The number of hydrogen-bond acceptors (Lipinski definition) is 3.